The molecule has 4 N–H and O–H groups in total. The van der Waals surface area contributed by atoms with Crippen molar-refractivity contribution < 1.29 is 29.6 Å². The number of hydrogen-bond donors (Lipinski definition) is 4. The summed E-state index contributed by atoms with van der Waals surface area (Å²) in [6, 6.07) is -0.894. The van der Waals surface area contributed by atoms with Gasteiger partial charge in [0.1, 0.15) is 24.4 Å². The molecule has 0 aliphatic carbocycles. The third-order valence-corrected chi connectivity index (χ3v) is 2.72. The maximum atomic E-state index is 11.2. The molecule has 0 aromatic carbocycles. The van der Waals surface area contributed by atoms with Crippen molar-refractivity contribution in [2.75, 3.05) is 6.61 Å². The van der Waals surface area contributed by atoms with Crippen LogP contribution in [0, 0.1) is 0 Å². The molecule has 1 rings (SSSR count). The molecule has 5 atom stereocenters. The van der Waals surface area contributed by atoms with Crippen molar-refractivity contribution >= 4 is 5.91 Å². The van der Waals surface area contributed by atoms with E-state index in [2.05, 4.69) is 5.32 Å². The maximum Gasteiger partial charge on any atom is 0.217 e. The van der Waals surface area contributed by atoms with Crippen LogP contribution in [0.25, 0.3) is 0 Å². The molecule has 0 radical (unpaired) electrons. The van der Waals surface area contributed by atoms with Gasteiger partial charge in [0.25, 0.3) is 0 Å². The van der Waals surface area contributed by atoms with Crippen LogP contribution in [0.3, 0.4) is 0 Å². The fraction of sp³-hybridized carbons (Fsp3) is 0.917. The van der Waals surface area contributed by atoms with E-state index >= 15 is 0 Å². The number of rotatable bonds is 3. The Bertz CT molecular complexity index is 316. The zero-order valence-electron chi connectivity index (χ0n) is 11.7. The van der Waals surface area contributed by atoms with Gasteiger partial charge in [-0.15, -0.1) is 0 Å². The first-order valence-corrected chi connectivity index (χ1v) is 6.23. The van der Waals surface area contributed by atoms with E-state index in [-0.39, 0.29) is 5.91 Å². The predicted octanol–water partition coefficient (Wildman–Crippen LogP) is -1.25. The van der Waals surface area contributed by atoms with Gasteiger partial charge in [-0.3, -0.25) is 4.79 Å². The first-order valence-electron chi connectivity index (χ1n) is 6.23. The minimum absolute atomic E-state index is 0.371. The summed E-state index contributed by atoms with van der Waals surface area (Å²) in [7, 11) is 0. The lowest BCUT2D eigenvalue weighted by atomic mass is 9.96. The van der Waals surface area contributed by atoms with Gasteiger partial charge in [-0.05, 0) is 20.8 Å². The maximum absolute atomic E-state index is 11.2. The standard InChI is InChI=1S/C12H23NO6/c1-6(15)13-8-10(17)9(16)7(5-14)18-11(8)19-12(2,3)4/h7-11,14,16-17H,5H2,1-4H3,(H,13,15)/t7-,8+,9+,10-,11+/m0/s1. The molecule has 7 nitrogen and oxygen atoms in total. The van der Waals surface area contributed by atoms with Gasteiger partial charge in [0.05, 0.1) is 12.2 Å². The zero-order chi connectivity index (χ0) is 14.8. The highest BCUT2D eigenvalue weighted by Gasteiger charge is 2.46. The monoisotopic (exact) mass is 277 g/mol. The second-order valence-corrected chi connectivity index (χ2v) is 5.66. The third kappa shape index (κ3) is 4.39. The molecule has 112 valence electrons. The van der Waals surface area contributed by atoms with Gasteiger partial charge >= 0.3 is 0 Å². The number of hydrogen-bond acceptors (Lipinski definition) is 6. The van der Waals surface area contributed by atoms with Gasteiger partial charge in [-0.25, -0.2) is 0 Å². The lowest BCUT2D eigenvalue weighted by molar-refractivity contribution is -0.292. The number of nitrogens with one attached hydrogen (secondary N) is 1. The Balaban J connectivity index is 2.89. The summed E-state index contributed by atoms with van der Waals surface area (Å²) < 4.78 is 11.0. The van der Waals surface area contributed by atoms with Crippen molar-refractivity contribution in [3.63, 3.8) is 0 Å². The van der Waals surface area contributed by atoms with E-state index in [1.165, 1.54) is 6.92 Å². The smallest absolute Gasteiger partial charge is 0.217 e. The van der Waals surface area contributed by atoms with Crippen LogP contribution in [-0.2, 0) is 14.3 Å². The number of ether oxygens (including phenoxy) is 2. The van der Waals surface area contributed by atoms with Crippen molar-refractivity contribution in [2.45, 2.75) is 63.9 Å². The molecule has 1 amide bonds. The molecule has 0 aromatic heterocycles. The Morgan fingerprint density at radius 2 is 1.89 bits per heavy atom. The van der Waals surface area contributed by atoms with Crippen LogP contribution in [0.4, 0.5) is 0 Å². The molecule has 0 spiro atoms. The number of aliphatic hydroxyl groups is 3. The molecular weight excluding hydrogens is 254 g/mol. The van der Waals surface area contributed by atoms with Gasteiger partial charge in [-0.1, -0.05) is 0 Å². The summed E-state index contributed by atoms with van der Waals surface area (Å²) in [4.78, 5) is 11.2. The van der Waals surface area contributed by atoms with Crippen LogP contribution >= 0.6 is 0 Å². The van der Waals surface area contributed by atoms with E-state index < -0.39 is 42.9 Å². The van der Waals surface area contributed by atoms with E-state index in [0.717, 1.165) is 0 Å². The van der Waals surface area contributed by atoms with Crippen LogP contribution < -0.4 is 5.32 Å². The van der Waals surface area contributed by atoms with Gasteiger partial charge in [0.15, 0.2) is 6.29 Å². The number of aliphatic hydroxyl groups excluding tert-OH is 3. The minimum Gasteiger partial charge on any atom is -0.394 e. The number of amides is 1. The van der Waals surface area contributed by atoms with Gasteiger partial charge in [0, 0.05) is 6.92 Å². The highest BCUT2D eigenvalue weighted by Crippen LogP contribution is 2.25. The molecule has 1 aliphatic heterocycles. The van der Waals surface area contributed by atoms with Crippen LogP contribution in [0.1, 0.15) is 27.7 Å². The quantitative estimate of drug-likeness (QED) is 0.513. The Morgan fingerprint density at radius 1 is 1.32 bits per heavy atom. The molecule has 1 aliphatic rings. The molecule has 0 unspecified atom stereocenters. The van der Waals surface area contributed by atoms with Crippen molar-refractivity contribution in [1.82, 2.24) is 5.32 Å². The molecule has 0 aromatic rings. The highest BCUT2D eigenvalue weighted by atomic mass is 16.7. The Hall–Kier alpha value is -0.730. The summed E-state index contributed by atoms with van der Waals surface area (Å²) in [5.74, 6) is -0.371. The Morgan fingerprint density at radius 3 is 2.32 bits per heavy atom. The third-order valence-electron chi connectivity index (χ3n) is 2.72. The summed E-state index contributed by atoms with van der Waals surface area (Å²) in [5.41, 5.74) is -0.566. The molecule has 1 fully saturated rings. The number of carbonyl (C=O) groups excluding carboxylic acids is 1. The second-order valence-electron chi connectivity index (χ2n) is 5.66. The van der Waals surface area contributed by atoms with Gasteiger partial charge < -0.3 is 30.1 Å². The Labute approximate surface area is 112 Å². The zero-order valence-corrected chi connectivity index (χ0v) is 11.7. The molecule has 0 saturated carbocycles. The SMILES string of the molecule is CC(=O)N[C@H]1[C@@H](OC(C)(C)C)O[C@@H](CO)[C@@H](O)[C@H]1O. The largest absolute Gasteiger partial charge is 0.394 e. The lowest BCUT2D eigenvalue weighted by Gasteiger charge is -2.44. The minimum atomic E-state index is -1.29. The first-order chi connectivity index (χ1) is 8.65. The molecule has 19 heavy (non-hydrogen) atoms. The molecule has 1 saturated heterocycles. The van der Waals surface area contributed by atoms with Gasteiger partial charge in [0.2, 0.25) is 5.91 Å². The lowest BCUT2D eigenvalue weighted by Crippen LogP contribution is -2.65. The van der Waals surface area contributed by atoms with E-state index in [9.17, 15) is 15.0 Å². The molecule has 7 heteroatoms. The summed E-state index contributed by atoms with van der Waals surface area (Å²) in [6.07, 6.45) is -4.46. The Kier molecular flexibility index (Phi) is 5.28. The first kappa shape index (κ1) is 16.3. The van der Waals surface area contributed by atoms with Crippen LogP contribution in [-0.4, -0.2) is 64.1 Å². The predicted molar refractivity (Wildman–Crippen MR) is 66.2 cm³/mol. The normalized spacial score (nSPS) is 36.1. The van der Waals surface area contributed by atoms with Crippen molar-refractivity contribution in [2.24, 2.45) is 0 Å². The number of carbonyl (C=O) groups is 1. The average Bonchev–Trinajstić information content (AvgIpc) is 2.26. The summed E-state index contributed by atoms with van der Waals surface area (Å²) in [6.45, 7) is 6.24. The second kappa shape index (κ2) is 6.15. The molecule has 1 heterocycles. The van der Waals surface area contributed by atoms with E-state index in [0.29, 0.717) is 0 Å². The molecule has 0 bridgehead atoms. The van der Waals surface area contributed by atoms with Crippen LogP contribution in [0.15, 0.2) is 0 Å². The molecular formula is C12H23NO6. The van der Waals surface area contributed by atoms with E-state index in [4.69, 9.17) is 14.6 Å². The summed E-state index contributed by atoms with van der Waals surface area (Å²) >= 11 is 0. The van der Waals surface area contributed by atoms with Gasteiger partial charge in [-0.2, -0.15) is 0 Å². The summed E-state index contributed by atoms with van der Waals surface area (Å²) in [5, 5.41) is 31.4. The fourth-order valence-corrected chi connectivity index (χ4v) is 1.92. The topological polar surface area (TPSA) is 108 Å². The van der Waals surface area contributed by atoms with E-state index in [1.807, 2.05) is 0 Å². The highest BCUT2D eigenvalue weighted by molar-refractivity contribution is 5.73. The van der Waals surface area contributed by atoms with Crippen molar-refractivity contribution in [1.29, 1.82) is 0 Å². The van der Waals surface area contributed by atoms with Crippen molar-refractivity contribution in [3.05, 3.63) is 0 Å². The average molecular weight is 277 g/mol. The van der Waals surface area contributed by atoms with E-state index in [1.54, 1.807) is 20.8 Å². The van der Waals surface area contributed by atoms with Crippen molar-refractivity contribution in [3.8, 4) is 0 Å². The van der Waals surface area contributed by atoms with Crippen LogP contribution in [0.2, 0.25) is 0 Å². The van der Waals surface area contributed by atoms with Crippen LogP contribution in [0.5, 0.6) is 0 Å². The fourth-order valence-electron chi connectivity index (χ4n) is 1.92.